The summed E-state index contributed by atoms with van der Waals surface area (Å²) in [6, 6.07) is 19.5. The van der Waals surface area contributed by atoms with Gasteiger partial charge in [-0.1, -0.05) is 49.9 Å². The van der Waals surface area contributed by atoms with E-state index in [0.29, 0.717) is 25.5 Å². The third-order valence-electron chi connectivity index (χ3n) is 5.70. The van der Waals surface area contributed by atoms with Crippen molar-refractivity contribution in [3.63, 3.8) is 0 Å². The largest absolute Gasteiger partial charge is 0.492 e. The summed E-state index contributed by atoms with van der Waals surface area (Å²) >= 11 is 1.04. The van der Waals surface area contributed by atoms with Crippen molar-refractivity contribution < 1.29 is 19.1 Å². The van der Waals surface area contributed by atoms with Crippen LogP contribution in [0.4, 0.5) is 10.6 Å². The lowest BCUT2D eigenvalue weighted by Crippen LogP contribution is -2.25. The van der Waals surface area contributed by atoms with Crippen LogP contribution in [0, 0.1) is 0 Å². The maximum atomic E-state index is 11.7. The SMILES string of the molecule is CC(C)c1ccc(Oc2ccnc(N(C)CCOc3ccc(CC4SC(=O)NC4=O)cc3)c2)cc1. The Bertz CT molecular complexity index is 1170. The monoisotopic (exact) mass is 491 g/mol. The van der Waals surface area contributed by atoms with E-state index in [-0.39, 0.29) is 16.4 Å². The number of nitrogens with one attached hydrogen (secondary N) is 1. The van der Waals surface area contributed by atoms with Crippen LogP contribution < -0.4 is 19.7 Å². The zero-order valence-electron chi connectivity index (χ0n) is 20.1. The molecule has 1 unspecified atom stereocenters. The molecule has 7 nitrogen and oxygen atoms in total. The summed E-state index contributed by atoms with van der Waals surface area (Å²) in [7, 11) is 1.96. The van der Waals surface area contributed by atoms with E-state index in [9.17, 15) is 9.59 Å². The van der Waals surface area contributed by atoms with Gasteiger partial charge in [0.1, 0.15) is 29.7 Å². The molecule has 2 amide bonds. The van der Waals surface area contributed by atoms with Gasteiger partial charge in [-0.15, -0.1) is 0 Å². The van der Waals surface area contributed by atoms with Gasteiger partial charge in [0, 0.05) is 19.3 Å². The van der Waals surface area contributed by atoms with Gasteiger partial charge >= 0.3 is 0 Å². The van der Waals surface area contributed by atoms with Crippen LogP contribution in [0.2, 0.25) is 0 Å². The van der Waals surface area contributed by atoms with E-state index in [4.69, 9.17) is 9.47 Å². The first kappa shape index (κ1) is 24.6. The standard InChI is InChI=1S/C27H29N3O4S/c1-18(2)20-6-10-22(11-7-20)34-23-12-13-28-25(17-23)30(3)14-15-33-21-8-4-19(5-9-21)16-24-26(31)29-27(32)35-24/h4-13,17-18,24H,14-16H2,1-3H3,(H,29,31,32). The summed E-state index contributed by atoms with van der Waals surface area (Å²) < 4.78 is 11.9. The number of likely N-dealkylation sites (N-methyl/N-ethyl adjacent to an activating group) is 1. The summed E-state index contributed by atoms with van der Waals surface area (Å²) in [6.07, 6.45) is 2.25. The molecule has 35 heavy (non-hydrogen) atoms. The molecule has 4 rings (SSSR count). The highest BCUT2D eigenvalue weighted by Crippen LogP contribution is 2.26. The van der Waals surface area contributed by atoms with Gasteiger partial charge in [-0.2, -0.15) is 0 Å². The average Bonchev–Trinajstić information content (AvgIpc) is 3.17. The van der Waals surface area contributed by atoms with Crippen molar-refractivity contribution >= 4 is 28.7 Å². The Balaban J connectivity index is 1.26. The molecule has 1 atom stereocenters. The van der Waals surface area contributed by atoms with Gasteiger partial charge in [0.25, 0.3) is 5.24 Å². The van der Waals surface area contributed by atoms with E-state index in [1.807, 2.05) is 60.5 Å². The van der Waals surface area contributed by atoms with Gasteiger partial charge in [-0.3, -0.25) is 14.9 Å². The molecule has 0 aliphatic carbocycles. The Morgan fingerprint density at radius 3 is 2.37 bits per heavy atom. The van der Waals surface area contributed by atoms with E-state index in [1.54, 1.807) is 6.20 Å². The number of rotatable bonds is 10. The maximum absolute atomic E-state index is 11.7. The number of nitrogens with zero attached hydrogens (tertiary/aromatic N) is 2. The second-order valence-electron chi connectivity index (χ2n) is 8.68. The van der Waals surface area contributed by atoms with Gasteiger partial charge in [0.15, 0.2) is 0 Å². The molecule has 0 saturated carbocycles. The minimum Gasteiger partial charge on any atom is -0.492 e. The molecule has 1 aliphatic rings. The quantitative estimate of drug-likeness (QED) is 0.406. The van der Waals surface area contributed by atoms with E-state index < -0.39 is 0 Å². The number of hydrogen-bond acceptors (Lipinski definition) is 7. The number of thioether (sulfide) groups is 1. The van der Waals surface area contributed by atoms with Crippen molar-refractivity contribution in [3.8, 4) is 17.2 Å². The lowest BCUT2D eigenvalue weighted by Gasteiger charge is -2.19. The number of anilines is 1. The first-order valence-corrected chi connectivity index (χ1v) is 12.4. The molecule has 0 spiro atoms. The molecular weight excluding hydrogens is 462 g/mol. The van der Waals surface area contributed by atoms with Gasteiger partial charge < -0.3 is 14.4 Å². The van der Waals surface area contributed by atoms with Gasteiger partial charge in [-0.25, -0.2) is 4.98 Å². The Morgan fingerprint density at radius 2 is 1.71 bits per heavy atom. The van der Waals surface area contributed by atoms with E-state index in [1.165, 1.54) is 5.56 Å². The third kappa shape index (κ3) is 6.76. The molecular formula is C27H29N3O4S. The van der Waals surface area contributed by atoms with Crippen LogP contribution in [0.15, 0.2) is 66.9 Å². The van der Waals surface area contributed by atoms with Crippen LogP contribution in [-0.2, 0) is 11.2 Å². The minimum absolute atomic E-state index is 0.226. The Morgan fingerprint density at radius 1 is 1.00 bits per heavy atom. The van der Waals surface area contributed by atoms with Crippen LogP contribution in [0.5, 0.6) is 17.2 Å². The van der Waals surface area contributed by atoms with Crippen molar-refractivity contribution in [2.24, 2.45) is 0 Å². The Hall–Kier alpha value is -3.52. The molecule has 8 heteroatoms. The number of pyridine rings is 1. The lowest BCUT2D eigenvalue weighted by atomic mass is 10.0. The normalized spacial score (nSPS) is 15.3. The predicted octanol–water partition coefficient (Wildman–Crippen LogP) is 5.41. The fourth-order valence-electron chi connectivity index (χ4n) is 3.61. The van der Waals surface area contributed by atoms with Crippen LogP contribution in [-0.4, -0.2) is 41.6 Å². The molecule has 2 aromatic carbocycles. The molecule has 1 aromatic heterocycles. The molecule has 2 heterocycles. The highest BCUT2D eigenvalue weighted by atomic mass is 32.2. The summed E-state index contributed by atoms with van der Waals surface area (Å²) in [6.45, 7) is 5.46. The number of amides is 2. The summed E-state index contributed by atoms with van der Waals surface area (Å²) in [5.41, 5.74) is 2.26. The maximum Gasteiger partial charge on any atom is 0.286 e. The lowest BCUT2D eigenvalue weighted by molar-refractivity contribution is -0.118. The average molecular weight is 492 g/mol. The predicted molar refractivity (Wildman–Crippen MR) is 139 cm³/mol. The molecule has 1 fully saturated rings. The Kier molecular flexibility index (Phi) is 7.92. The third-order valence-corrected chi connectivity index (χ3v) is 6.68. The van der Waals surface area contributed by atoms with Crippen molar-refractivity contribution in [1.82, 2.24) is 10.3 Å². The number of benzene rings is 2. The first-order valence-electron chi connectivity index (χ1n) is 11.6. The molecule has 3 aromatic rings. The second kappa shape index (κ2) is 11.3. The number of ether oxygens (including phenoxy) is 2. The second-order valence-corrected chi connectivity index (χ2v) is 9.85. The molecule has 1 N–H and O–H groups in total. The summed E-state index contributed by atoms with van der Waals surface area (Å²) in [5, 5.41) is 1.67. The number of carbonyl (C=O) groups excluding carboxylic acids is 2. The minimum atomic E-state index is -0.366. The highest BCUT2D eigenvalue weighted by Gasteiger charge is 2.31. The van der Waals surface area contributed by atoms with Crippen LogP contribution in [0.3, 0.4) is 0 Å². The number of carbonyl (C=O) groups is 2. The highest BCUT2D eigenvalue weighted by molar-refractivity contribution is 8.15. The molecule has 0 bridgehead atoms. The zero-order chi connectivity index (χ0) is 24.8. The van der Waals surface area contributed by atoms with E-state index >= 15 is 0 Å². The van der Waals surface area contributed by atoms with Crippen molar-refractivity contribution in [3.05, 3.63) is 78.0 Å². The van der Waals surface area contributed by atoms with Gasteiger partial charge in [0.05, 0.1) is 11.8 Å². The smallest absolute Gasteiger partial charge is 0.286 e. The van der Waals surface area contributed by atoms with Gasteiger partial charge in [-0.05, 0) is 53.8 Å². The topological polar surface area (TPSA) is 80.8 Å². The molecule has 1 saturated heterocycles. The number of hydrogen-bond donors (Lipinski definition) is 1. The van der Waals surface area contributed by atoms with Gasteiger partial charge in [0.2, 0.25) is 5.91 Å². The first-order chi connectivity index (χ1) is 16.9. The van der Waals surface area contributed by atoms with E-state index in [2.05, 4.69) is 36.3 Å². The van der Waals surface area contributed by atoms with Crippen LogP contribution >= 0.6 is 11.8 Å². The van der Waals surface area contributed by atoms with Crippen molar-refractivity contribution in [2.75, 3.05) is 25.1 Å². The van der Waals surface area contributed by atoms with Crippen LogP contribution in [0.25, 0.3) is 0 Å². The van der Waals surface area contributed by atoms with Crippen molar-refractivity contribution in [1.29, 1.82) is 0 Å². The fraction of sp³-hybridized carbons (Fsp3) is 0.296. The fourth-order valence-corrected chi connectivity index (χ4v) is 4.47. The summed E-state index contributed by atoms with van der Waals surface area (Å²) in [5.74, 6) is 3.32. The molecule has 182 valence electrons. The van der Waals surface area contributed by atoms with Crippen LogP contribution in [0.1, 0.15) is 30.9 Å². The van der Waals surface area contributed by atoms with E-state index in [0.717, 1.165) is 40.4 Å². The molecule has 1 aliphatic heterocycles. The summed E-state index contributed by atoms with van der Waals surface area (Å²) in [4.78, 5) is 29.5. The number of aromatic nitrogens is 1. The zero-order valence-corrected chi connectivity index (χ0v) is 20.9. The molecule has 0 radical (unpaired) electrons. The van der Waals surface area contributed by atoms with Crippen molar-refractivity contribution in [2.45, 2.75) is 31.4 Å². The number of imide groups is 1. The Labute approximate surface area is 209 Å².